The molecule has 2 aromatic rings. The van der Waals surface area contributed by atoms with Crippen molar-refractivity contribution in [2.75, 3.05) is 0 Å². The Morgan fingerprint density at radius 3 is 2.65 bits per heavy atom. The zero-order valence-corrected chi connectivity index (χ0v) is 15.9. The molecule has 5 rings (SSSR count). The third-order valence-electron chi connectivity index (χ3n) is 6.81. The first-order valence-electron chi connectivity index (χ1n) is 9.43. The molecule has 2 bridgehead atoms. The van der Waals surface area contributed by atoms with Crippen LogP contribution in [-0.2, 0) is 7.05 Å². The smallest absolute Gasteiger partial charge is 0.406 e. The second kappa shape index (κ2) is 6.15. The van der Waals surface area contributed by atoms with Gasteiger partial charge in [-0.15, -0.1) is 0 Å². The molecule has 3 saturated carbocycles. The predicted molar refractivity (Wildman–Crippen MR) is 101 cm³/mol. The van der Waals surface area contributed by atoms with Crippen molar-refractivity contribution in [2.45, 2.75) is 39.7 Å². The number of nitrogens with one attached hydrogen (secondary N) is 1. The van der Waals surface area contributed by atoms with E-state index in [4.69, 9.17) is 4.74 Å². The van der Waals surface area contributed by atoms with E-state index in [0.717, 1.165) is 17.7 Å². The fourth-order valence-corrected chi connectivity index (χ4v) is 5.04. The first-order valence-corrected chi connectivity index (χ1v) is 9.43. The first kappa shape index (κ1) is 17.1. The van der Waals surface area contributed by atoms with E-state index in [1.807, 2.05) is 37.4 Å². The topological polar surface area (TPSA) is 56.1 Å². The molecule has 3 fully saturated rings. The number of hydrogen-bond donors (Lipinski definition) is 1. The Bertz CT molecular complexity index is 812. The number of carbonyl (C=O) groups is 1. The number of fused-ring (bicyclic) bond motifs is 2. The summed E-state index contributed by atoms with van der Waals surface area (Å²) < 4.78 is 7.38. The molecule has 0 saturated heterocycles. The Balaban J connectivity index is 1.46. The van der Waals surface area contributed by atoms with Gasteiger partial charge in [0.2, 0.25) is 0 Å². The summed E-state index contributed by atoms with van der Waals surface area (Å²) in [7, 11) is 1.85. The van der Waals surface area contributed by atoms with Crippen molar-refractivity contribution in [1.29, 1.82) is 0 Å². The Hall–Kier alpha value is -2.30. The number of carbonyl (C=O) groups excluding carboxylic acids is 1. The fraction of sp³-hybridized carbons (Fsp3) is 0.524. The molecule has 5 nitrogen and oxygen atoms in total. The predicted octanol–water partition coefficient (Wildman–Crippen LogP) is 4.25. The average Bonchev–Trinajstić information content (AvgIpc) is 2.97. The molecule has 1 heterocycles. The van der Waals surface area contributed by atoms with Crippen molar-refractivity contribution in [2.24, 2.45) is 30.2 Å². The second-order valence-electron chi connectivity index (χ2n) is 8.44. The van der Waals surface area contributed by atoms with Crippen molar-refractivity contribution in [3.05, 3.63) is 36.5 Å². The number of ether oxygens (including phenoxy) is 1. The van der Waals surface area contributed by atoms with E-state index in [9.17, 15) is 4.79 Å². The molecule has 3 aliphatic carbocycles. The lowest BCUT2D eigenvalue weighted by molar-refractivity contribution is -0.113. The van der Waals surface area contributed by atoms with Crippen molar-refractivity contribution in [3.8, 4) is 17.0 Å². The van der Waals surface area contributed by atoms with E-state index in [1.165, 1.54) is 6.42 Å². The molecule has 1 aromatic carbocycles. The van der Waals surface area contributed by atoms with Gasteiger partial charge in [0, 0.05) is 18.7 Å². The summed E-state index contributed by atoms with van der Waals surface area (Å²) in [6, 6.07) is 10.1. The zero-order chi connectivity index (χ0) is 18.5. The molecule has 0 spiro atoms. The van der Waals surface area contributed by atoms with Crippen LogP contribution in [0.25, 0.3) is 11.3 Å². The van der Waals surface area contributed by atoms with Gasteiger partial charge >= 0.3 is 6.09 Å². The van der Waals surface area contributed by atoms with Gasteiger partial charge in [-0.2, -0.15) is 5.10 Å². The number of aromatic nitrogens is 2. The molecule has 0 aliphatic heterocycles. The van der Waals surface area contributed by atoms with E-state index in [2.05, 4.69) is 31.2 Å². The number of aryl methyl sites for hydroxylation is 1. The van der Waals surface area contributed by atoms with Gasteiger partial charge in [-0.05, 0) is 36.0 Å². The van der Waals surface area contributed by atoms with E-state index in [-0.39, 0.29) is 12.1 Å². The molecule has 26 heavy (non-hydrogen) atoms. The minimum atomic E-state index is -0.383. The van der Waals surface area contributed by atoms with Crippen LogP contribution in [0, 0.1) is 23.2 Å². The van der Waals surface area contributed by atoms with E-state index < -0.39 is 0 Å². The van der Waals surface area contributed by atoms with Crippen LogP contribution in [0.4, 0.5) is 4.79 Å². The summed E-state index contributed by atoms with van der Waals surface area (Å²) in [6.45, 7) is 6.98. The number of nitrogens with zero attached hydrogens (tertiary/aromatic N) is 2. The summed E-state index contributed by atoms with van der Waals surface area (Å²) in [5.41, 5.74) is 2.19. The van der Waals surface area contributed by atoms with E-state index >= 15 is 0 Å². The monoisotopic (exact) mass is 353 g/mol. The molecule has 0 radical (unpaired) electrons. The zero-order valence-electron chi connectivity index (χ0n) is 15.9. The maximum absolute atomic E-state index is 12.5. The third kappa shape index (κ3) is 2.70. The van der Waals surface area contributed by atoms with Gasteiger partial charge in [-0.3, -0.25) is 4.68 Å². The Kier molecular flexibility index (Phi) is 4.05. The maximum atomic E-state index is 12.5. The summed E-state index contributed by atoms with van der Waals surface area (Å²) in [5.74, 6) is 2.35. The number of hydrogen-bond acceptors (Lipinski definition) is 3. The molecule has 3 aliphatic rings. The lowest BCUT2D eigenvalue weighted by atomic mass is 9.45. The van der Waals surface area contributed by atoms with Crippen LogP contribution in [0.5, 0.6) is 5.75 Å². The van der Waals surface area contributed by atoms with Crippen LogP contribution in [0.2, 0.25) is 0 Å². The van der Waals surface area contributed by atoms with Gasteiger partial charge in [0.15, 0.2) is 5.75 Å². The van der Waals surface area contributed by atoms with Crippen molar-refractivity contribution < 1.29 is 9.53 Å². The van der Waals surface area contributed by atoms with Crippen molar-refractivity contribution >= 4 is 6.09 Å². The standard InChI is InChI=1S/C21H27N3O2/c1-13-16-10-15(21(16,2)3)11-17(13)23-20(25)26-18-12-22-24(4)19(18)14-8-6-5-7-9-14/h5-9,12-13,15-17H,10-11H2,1-4H3,(H,23,25)/t13-,15+,16-,17-/m1/s1. The van der Waals surface area contributed by atoms with Gasteiger partial charge in [-0.1, -0.05) is 51.1 Å². The molecule has 1 aromatic heterocycles. The van der Waals surface area contributed by atoms with Crippen LogP contribution in [0.3, 0.4) is 0 Å². The summed E-state index contributed by atoms with van der Waals surface area (Å²) >= 11 is 0. The van der Waals surface area contributed by atoms with E-state index in [0.29, 0.717) is 28.9 Å². The highest BCUT2D eigenvalue weighted by molar-refractivity contribution is 5.75. The average molecular weight is 353 g/mol. The van der Waals surface area contributed by atoms with Crippen molar-refractivity contribution in [1.82, 2.24) is 15.1 Å². The molecule has 138 valence electrons. The molecule has 4 atom stereocenters. The first-order chi connectivity index (χ1) is 12.4. The van der Waals surface area contributed by atoms with Crippen LogP contribution in [-0.4, -0.2) is 21.9 Å². The molecular weight excluding hydrogens is 326 g/mol. The molecule has 1 N–H and O–H groups in total. The molecular formula is C21H27N3O2. The summed E-state index contributed by atoms with van der Waals surface area (Å²) in [6.07, 6.45) is 3.55. The quantitative estimate of drug-likeness (QED) is 0.897. The normalized spacial score (nSPS) is 28.9. The molecule has 5 heteroatoms. The van der Waals surface area contributed by atoms with Gasteiger partial charge in [0.05, 0.1) is 6.20 Å². The molecule has 1 amide bonds. The number of benzene rings is 1. The number of amides is 1. The lowest BCUT2D eigenvalue weighted by Crippen LogP contribution is -2.60. The highest BCUT2D eigenvalue weighted by atomic mass is 16.6. The Labute approximate surface area is 154 Å². The van der Waals surface area contributed by atoms with Crippen LogP contribution in [0.15, 0.2) is 36.5 Å². The largest absolute Gasteiger partial charge is 0.412 e. The van der Waals surface area contributed by atoms with Gasteiger partial charge in [-0.25, -0.2) is 4.79 Å². The van der Waals surface area contributed by atoms with Crippen LogP contribution >= 0.6 is 0 Å². The van der Waals surface area contributed by atoms with Gasteiger partial charge in [0.25, 0.3) is 0 Å². The van der Waals surface area contributed by atoms with E-state index in [1.54, 1.807) is 10.9 Å². The minimum absolute atomic E-state index is 0.191. The number of rotatable bonds is 3. The van der Waals surface area contributed by atoms with Gasteiger partial charge < -0.3 is 10.1 Å². The van der Waals surface area contributed by atoms with Crippen LogP contribution < -0.4 is 10.1 Å². The summed E-state index contributed by atoms with van der Waals surface area (Å²) in [4.78, 5) is 12.5. The maximum Gasteiger partial charge on any atom is 0.412 e. The summed E-state index contributed by atoms with van der Waals surface area (Å²) in [5, 5.41) is 7.36. The SMILES string of the molecule is C[C@@H]1[C@H]2C[C@@H](C[C@H]1NC(=O)Oc1cnn(C)c1-c1ccccc1)C2(C)C. The molecule has 0 unspecified atom stereocenters. The minimum Gasteiger partial charge on any atom is -0.406 e. The fourth-order valence-electron chi connectivity index (χ4n) is 5.04. The lowest BCUT2D eigenvalue weighted by Gasteiger charge is -2.62. The Morgan fingerprint density at radius 2 is 2.00 bits per heavy atom. The van der Waals surface area contributed by atoms with Gasteiger partial charge in [0.1, 0.15) is 5.69 Å². The highest BCUT2D eigenvalue weighted by Crippen LogP contribution is 2.61. The third-order valence-corrected chi connectivity index (χ3v) is 6.81. The van der Waals surface area contributed by atoms with Crippen molar-refractivity contribution in [3.63, 3.8) is 0 Å². The van der Waals surface area contributed by atoms with Crippen LogP contribution in [0.1, 0.15) is 33.6 Å². The highest BCUT2D eigenvalue weighted by Gasteiger charge is 2.56. The Morgan fingerprint density at radius 1 is 1.27 bits per heavy atom. The second-order valence-corrected chi connectivity index (χ2v) is 8.44.